The summed E-state index contributed by atoms with van der Waals surface area (Å²) in [5, 5.41) is 0.0217. The van der Waals surface area contributed by atoms with Crippen molar-refractivity contribution in [2.45, 2.75) is 64.1 Å². The standard InChI is InChI=1S/C14H19NO7S/c1-6(16)15-9-10(8(19-13(15)23)5-18-7(2)17)20-12-11(9)21-14(3,4)22-12/h8-12H,5H2,1-4H3/t8-,9-,10+,11+,12+/m0/s1. The van der Waals surface area contributed by atoms with E-state index < -0.39 is 42.4 Å². The zero-order valence-electron chi connectivity index (χ0n) is 13.3. The van der Waals surface area contributed by atoms with E-state index in [1.54, 1.807) is 13.8 Å². The van der Waals surface area contributed by atoms with Crippen molar-refractivity contribution < 1.29 is 33.3 Å². The molecule has 0 radical (unpaired) electrons. The van der Waals surface area contributed by atoms with Crippen molar-refractivity contribution in [3.05, 3.63) is 0 Å². The van der Waals surface area contributed by atoms with Crippen LogP contribution in [0, 0.1) is 0 Å². The highest BCUT2D eigenvalue weighted by Crippen LogP contribution is 2.42. The van der Waals surface area contributed by atoms with Gasteiger partial charge in [-0.2, -0.15) is 0 Å². The second-order valence-corrected chi connectivity index (χ2v) is 6.52. The fourth-order valence-corrected chi connectivity index (χ4v) is 3.53. The Kier molecular flexibility index (Phi) is 4.07. The van der Waals surface area contributed by atoms with Crippen LogP contribution in [0.1, 0.15) is 27.7 Å². The van der Waals surface area contributed by atoms with E-state index in [0.717, 1.165) is 0 Å². The zero-order chi connectivity index (χ0) is 16.9. The van der Waals surface area contributed by atoms with Crippen LogP contribution < -0.4 is 0 Å². The maximum Gasteiger partial charge on any atom is 0.302 e. The first kappa shape index (κ1) is 16.6. The summed E-state index contributed by atoms with van der Waals surface area (Å²) < 4.78 is 28.0. The van der Waals surface area contributed by atoms with E-state index in [-0.39, 0.29) is 17.7 Å². The predicted octanol–water partition coefficient (Wildman–Crippen LogP) is 0.327. The van der Waals surface area contributed by atoms with Crippen molar-refractivity contribution in [1.82, 2.24) is 4.90 Å². The van der Waals surface area contributed by atoms with Crippen molar-refractivity contribution in [2.24, 2.45) is 0 Å². The first-order chi connectivity index (χ1) is 10.7. The van der Waals surface area contributed by atoms with Crippen LogP contribution in [0.5, 0.6) is 0 Å². The van der Waals surface area contributed by atoms with E-state index in [1.165, 1.54) is 18.7 Å². The lowest BCUT2D eigenvalue weighted by Gasteiger charge is -2.42. The van der Waals surface area contributed by atoms with Crippen molar-refractivity contribution in [2.75, 3.05) is 6.61 Å². The van der Waals surface area contributed by atoms with Crippen LogP contribution in [0.2, 0.25) is 0 Å². The van der Waals surface area contributed by atoms with Gasteiger partial charge in [-0.05, 0) is 26.1 Å². The van der Waals surface area contributed by atoms with Crippen LogP contribution in [-0.4, -0.2) is 65.0 Å². The molecular weight excluding hydrogens is 326 g/mol. The fraction of sp³-hybridized carbons (Fsp3) is 0.786. The van der Waals surface area contributed by atoms with Gasteiger partial charge in [0.2, 0.25) is 5.91 Å². The molecule has 0 N–H and O–H groups in total. The van der Waals surface area contributed by atoms with Gasteiger partial charge in [0.15, 0.2) is 18.2 Å². The number of thiocarbonyl (C=S) groups is 1. The van der Waals surface area contributed by atoms with Gasteiger partial charge >= 0.3 is 5.97 Å². The van der Waals surface area contributed by atoms with Crippen LogP contribution in [-0.2, 0) is 33.3 Å². The summed E-state index contributed by atoms with van der Waals surface area (Å²) in [5.41, 5.74) is 0. The minimum atomic E-state index is -0.811. The normalized spacial score (nSPS) is 37.8. The lowest BCUT2D eigenvalue weighted by atomic mass is 9.99. The number of carbonyl (C=O) groups is 2. The highest BCUT2D eigenvalue weighted by molar-refractivity contribution is 7.80. The van der Waals surface area contributed by atoms with Gasteiger partial charge < -0.3 is 23.7 Å². The maximum atomic E-state index is 12.0. The Balaban J connectivity index is 1.86. The molecule has 0 unspecified atom stereocenters. The van der Waals surface area contributed by atoms with Crippen LogP contribution in [0.25, 0.3) is 0 Å². The third kappa shape index (κ3) is 2.93. The fourth-order valence-electron chi connectivity index (χ4n) is 3.16. The molecule has 3 saturated heterocycles. The quantitative estimate of drug-likeness (QED) is 0.523. The molecule has 3 aliphatic heterocycles. The van der Waals surface area contributed by atoms with Crippen LogP contribution in [0.15, 0.2) is 0 Å². The molecule has 0 aromatic heterocycles. The first-order valence-electron chi connectivity index (χ1n) is 7.34. The molecule has 3 rings (SSSR count). The molecule has 0 bridgehead atoms. The van der Waals surface area contributed by atoms with E-state index in [1.807, 2.05) is 0 Å². The molecule has 128 valence electrons. The van der Waals surface area contributed by atoms with Crippen molar-refractivity contribution in [3.63, 3.8) is 0 Å². The second kappa shape index (κ2) is 5.66. The minimum Gasteiger partial charge on any atom is -0.462 e. The Hall–Kier alpha value is -1.29. The minimum absolute atomic E-state index is 0.0217. The summed E-state index contributed by atoms with van der Waals surface area (Å²) in [6.07, 6.45) is -2.30. The predicted molar refractivity (Wildman–Crippen MR) is 79.1 cm³/mol. The average Bonchev–Trinajstić information content (AvgIpc) is 2.88. The largest absolute Gasteiger partial charge is 0.462 e. The molecule has 23 heavy (non-hydrogen) atoms. The number of esters is 1. The summed E-state index contributed by atoms with van der Waals surface area (Å²) >= 11 is 5.19. The smallest absolute Gasteiger partial charge is 0.302 e. The van der Waals surface area contributed by atoms with E-state index in [4.69, 9.17) is 35.9 Å². The van der Waals surface area contributed by atoms with E-state index in [0.29, 0.717) is 0 Å². The van der Waals surface area contributed by atoms with Gasteiger partial charge in [0.25, 0.3) is 5.17 Å². The Morgan fingerprint density at radius 2 is 1.96 bits per heavy atom. The SMILES string of the molecule is CC(=O)OC[C@@H]1OC(=S)N(C(C)=O)[C@@H]2[C@H]3OC(C)(C)O[C@H]3O[C@@H]21. The molecule has 0 spiro atoms. The zero-order valence-corrected chi connectivity index (χ0v) is 14.1. The number of fused-ring (bicyclic) bond motifs is 3. The third-order valence-electron chi connectivity index (χ3n) is 3.96. The average molecular weight is 345 g/mol. The lowest BCUT2D eigenvalue weighted by Crippen LogP contribution is -2.62. The molecule has 3 heterocycles. The van der Waals surface area contributed by atoms with E-state index in [2.05, 4.69) is 0 Å². The highest BCUT2D eigenvalue weighted by Gasteiger charge is 2.62. The first-order valence-corrected chi connectivity index (χ1v) is 7.75. The topological polar surface area (TPSA) is 83.5 Å². The molecule has 0 aromatic rings. The Labute approximate surface area is 138 Å². The molecule has 0 saturated carbocycles. The number of nitrogens with zero attached hydrogens (tertiary/aromatic N) is 1. The van der Waals surface area contributed by atoms with Gasteiger partial charge in [0.1, 0.15) is 24.9 Å². The number of hydrogen-bond donors (Lipinski definition) is 0. The molecule has 0 aromatic carbocycles. The number of hydrogen-bond acceptors (Lipinski definition) is 8. The van der Waals surface area contributed by atoms with Gasteiger partial charge in [-0.25, -0.2) is 0 Å². The molecular formula is C14H19NO7S. The maximum absolute atomic E-state index is 12.0. The molecule has 8 nitrogen and oxygen atoms in total. The molecule has 1 amide bonds. The monoisotopic (exact) mass is 345 g/mol. The highest BCUT2D eigenvalue weighted by atomic mass is 32.1. The Bertz CT molecular complexity index is 551. The van der Waals surface area contributed by atoms with Crippen molar-refractivity contribution in [1.29, 1.82) is 0 Å². The molecule has 9 heteroatoms. The summed E-state index contributed by atoms with van der Waals surface area (Å²) in [5.74, 6) is -1.51. The van der Waals surface area contributed by atoms with Crippen LogP contribution in [0.4, 0.5) is 0 Å². The lowest BCUT2D eigenvalue weighted by molar-refractivity contribution is -0.226. The molecule has 3 fully saturated rings. The number of rotatable bonds is 2. The second-order valence-electron chi connectivity index (χ2n) is 6.17. The summed E-state index contributed by atoms with van der Waals surface area (Å²) in [6.45, 7) is 6.23. The molecule has 0 aliphatic carbocycles. The van der Waals surface area contributed by atoms with Crippen LogP contribution >= 0.6 is 12.2 Å². The van der Waals surface area contributed by atoms with Gasteiger partial charge in [-0.3, -0.25) is 14.5 Å². The Morgan fingerprint density at radius 1 is 1.26 bits per heavy atom. The van der Waals surface area contributed by atoms with Crippen molar-refractivity contribution >= 4 is 29.3 Å². The van der Waals surface area contributed by atoms with Crippen LogP contribution in [0.3, 0.4) is 0 Å². The summed E-state index contributed by atoms with van der Waals surface area (Å²) in [6, 6.07) is -0.485. The molecule has 5 atom stereocenters. The van der Waals surface area contributed by atoms with Gasteiger partial charge in [-0.15, -0.1) is 0 Å². The van der Waals surface area contributed by atoms with E-state index >= 15 is 0 Å². The summed E-state index contributed by atoms with van der Waals surface area (Å²) in [4.78, 5) is 24.4. The number of carbonyl (C=O) groups excluding carboxylic acids is 2. The van der Waals surface area contributed by atoms with Gasteiger partial charge in [-0.1, -0.05) is 0 Å². The third-order valence-corrected chi connectivity index (χ3v) is 4.25. The van der Waals surface area contributed by atoms with Crippen molar-refractivity contribution in [3.8, 4) is 0 Å². The Morgan fingerprint density at radius 3 is 2.57 bits per heavy atom. The van der Waals surface area contributed by atoms with Gasteiger partial charge in [0, 0.05) is 13.8 Å². The van der Waals surface area contributed by atoms with E-state index in [9.17, 15) is 9.59 Å². The number of ether oxygens (including phenoxy) is 5. The van der Waals surface area contributed by atoms with Gasteiger partial charge in [0.05, 0.1) is 0 Å². The molecule has 3 aliphatic rings. The number of amides is 1. The summed E-state index contributed by atoms with van der Waals surface area (Å²) in [7, 11) is 0.